The van der Waals surface area contributed by atoms with Crippen LogP contribution in [0.3, 0.4) is 0 Å². The van der Waals surface area contributed by atoms with Gasteiger partial charge in [-0.25, -0.2) is 8.78 Å². The Kier molecular flexibility index (Phi) is 9.93. The van der Waals surface area contributed by atoms with Crippen molar-refractivity contribution in [1.29, 1.82) is 0 Å². The zero-order valence-corrected chi connectivity index (χ0v) is 18.7. The number of hydrogen-bond donors (Lipinski definition) is 1. The molecule has 0 spiro atoms. The van der Waals surface area contributed by atoms with Crippen LogP contribution >= 0.6 is 0 Å². The monoisotopic (exact) mass is 510 g/mol. The molecule has 3 rings (SSSR count). The molecule has 1 atom stereocenters. The summed E-state index contributed by atoms with van der Waals surface area (Å²) in [6, 6.07) is 10.9. The summed E-state index contributed by atoms with van der Waals surface area (Å²) in [6.07, 6.45) is -12.0. The van der Waals surface area contributed by atoms with Crippen molar-refractivity contribution in [2.45, 2.75) is 44.1 Å². The summed E-state index contributed by atoms with van der Waals surface area (Å²) >= 11 is 0. The molecule has 0 radical (unpaired) electrons. The molecule has 11 heteroatoms. The van der Waals surface area contributed by atoms with Gasteiger partial charge in [0.15, 0.2) is 11.6 Å². The number of ether oxygens (including phenoxy) is 2. The summed E-state index contributed by atoms with van der Waals surface area (Å²) in [7, 11) is 1.70. The zero-order valence-electron chi connectivity index (χ0n) is 18.7. The summed E-state index contributed by atoms with van der Waals surface area (Å²) in [6.45, 7) is 0.784. The van der Waals surface area contributed by atoms with E-state index in [1.54, 1.807) is 37.4 Å². The average Bonchev–Trinajstić information content (AvgIpc) is 2.81. The van der Waals surface area contributed by atoms with E-state index in [1.165, 1.54) is 6.07 Å². The first kappa shape index (κ1) is 28.4. The van der Waals surface area contributed by atoms with Crippen LogP contribution in [0.5, 0.6) is 5.75 Å². The minimum Gasteiger partial charge on any atom is -0.481 e. The Morgan fingerprint density at radius 3 is 2.09 bits per heavy atom. The van der Waals surface area contributed by atoms with Crippen molar-refractivity contribution >= 4 is 5.97 Å². The largest absolute Gasteiger partial charge is 0.481 e. The molecule has 0 bridgehead atoms. The topological polar surface area (TPSA) is 55.8 Å². The first-order valence-corrected chi connectivity index (χ1v) is 10.7. The van der Waals surface area contributed by atoms with E-state index >= 15 is 0 Å². The van der Waals surface area contributed by atoms with Gasteiger partial charge in [-0.15, -0.1) is 0 Å². The number of aliphatic carboxylic acids is 1. The average molecular weight is 510 g/mol. The third-order valence-electron chi connectivity index (χ3n) is 5.47. The molecule has 0 heterocycles. The minimum atomic E-state index is -5.83. The normalized spacial score (nSPS) is 19.3. The molecule has 1 saturated carbocycles. The first-order valence-electron chi connectivity index (χ1n) is 10.7. The molecule has 1 N–H and O–H groups in total. The summed E-state index contributed by atoms with van der Waals surface area (Å²) in [4.78, 5) is 10.6. The Bertz CT molecular complexity index is 943. The Morgan fingerprint density at radius 1 is 1.00 bits per heavy atom. The summed E-state index contributed by atoms with van der Waals surface area (Å²) < 4.78 is 97.4. The molecule has 2 aromatic carbocycles. The van der Waals surface area contributed by atoms with Crippen molar-refractivity contribution in [1.82, 2.24) is 0 Å². The van der Waals surface area contributed by atoms with Crippen molar-refractivity contribution < 1.29 is 50.1 Å². The van der Waals surface area contributed by atoms with E-state index in [2.05, 4.69) is 4.74 Å². The number of carboxylic acid groups (broad SMARTS) is 1. The number of hydrogen-bond acceptors (Lipinski definition) is 3. The van der Waals surface area contributed by atoms with E-state index in [9.17, 15) is 35.5 Å². The number of carboxylic acids is 1. The van der Waals surface area contributed by atoms with Crippen molar-refractivity contribution in [2.24, 2.45) is 11.8 Å². The van der Waals surface area contributed by atoms with Crippen LogP contribution in [0.2, 0.25) is 0 Å². The quantitative estimate of drug-likeness (QED) is 0.412. The number of rotatable bonds is 7. The van der Waals surface area contributed by atoms with E-state index < -0.39 is 36.0 Å². The van der Waals surface area contributed by atoms with E-state index in [0.717, 1.165) is 38.4 Å². The number of halogens is 7. The molecule has 0 aliphatic heterocycles. The molecular formula is C24H25F7O4. The van der Waals surface area contributed by atoms with Crippen LogP contribution in [0.25, 0.3) is 11.1 Å². The van der Waals surface area contributed by atoms with Crippen LogP contribution in [0.1, 0.15) is 25.7 Å². The molecule has 1 aliphatic carbocycles. The highest BCUT2D eigenvalue weighted by atomic mass is 19.4. The van der Waals surface area contributed by atoms with Crippen LogP contribution in [0, 0.1) is 17.7 Å². The van der Waals surface area contributed by atoms with Crippen LogP contribution in [-0.4, -0.2) is 43.2 Å². The van der Waals surface area contributed by atoms with Gasteiger partial charge in [0.25, 0.3) is 6.17 Å². The Morgan fingerprint density at radius 2 is 1.60 bits per heavy atom. The van der Waals surface area contributed by atoms with Crippen molar-refractivity contribution in [3.8, 4) is 16.9 Å². The van der Waals surface area contributed by atoms with Gasteiger partial charge in [0.1, 0.15) is 0 Å². The standard InChI is InChI=1S/C15H9F7O.C9H16O3/c16-11-8-10(9-4-2-1-3-5-9)6-7-12(11)23-15(21,22)13(17)14(18,19)20;1-12-6-7-2-4-8(5-3-7)9(10)11/h1-8,13H;7-8H,2-6H2,1H3,(H,10,11). The van der Waals surface area contributed by atoms with Crippen LogP contribution in [0.15, 0.2) is 48.5 Å². The van der Waals surface area contributed by atoms with Gasteiger partial charge >= 0.3 is 18.3 Å². The molecule has 0 amide bonds. The van der Waals surface area contributed by atoms with Gasteiger partial charge in [-0.1, -0.05) is 36.4 Å². The number of benzene rings is 2. The van der Waals surface area contributed by atoms with Crippen molar-refractivity contribution in [3.63, 3.8) is 0 Å². The highest BCUT2D eigenvalue weighted by Crippen LogP contribution is 2.37. The smallest absolute Gasteiger partial charge is 0.439 e. The second kappa shape index (κ2) is 12.2. The van der Waals surface area contributed by atoms with Crippen LogP contribution < -0.4 is 4.74 Å². The molecule has 194 valence electrons. The Hall–Kier alpha value is -2.82. The fourth-order valence-corrected chi connectivity index (χ4v) is 3.59. The molecular weight excluding hydrogens is 485 g/mol. The zero-order chi connectivity index (χ0) is 26.2. The van der Waals surface area contributed by atoms with E-state index in [1.807, 2.05) is 0 Å². The molecule has 0 saturated heterocycles. The second-order valence-corrected chi connectivity index (χ2v) is 8.09. The van der Waals surface area contributed by atoms with Crippen LogP contribution in [-0.2, 0) is 9.53 Å². The highest BCUT2D eigenvalue weighted by Gasteiger charge is 2.59. The van der Waals surface area contributed by atoms with Crippen LogP contribution in [0.4, 0.5) is 30.7 Å². The fourth-order valence-electron chi connectivity index (χ4n) is 3.59. The maximum absolute atomic E-state index is 13.8. The van der Waals surface area contributed by atoms with Gasteiger partial charge < -0.3 is 14.6 Å². The lowest BCUT2D eigenvalue weighted by atomic mass is 9.82. The number of carbonyl (C=O) groups is 1. The molecule has 4 nitrogen and oxygen atoms in total. The summed E-state index contributed by atoms with van der Waals surface area (Å²) in [5, 5.41) is 8.72. The van der Waals surface area contributed by atoms with Gasteiger partial charge in [0.2, 0.25) is 0 Å². The van der Waals surface area contributed by atoms with Crippen molar-refractivity contribution in [2.75, 3.05) is 13.7 Å². The highest BCUT2D eigenvalue weighted by molar-refractivity contribution is 5.70. The molecule has 35 heavy (non-hydrogen) atoms. The predicted molar refractivity (Wildman–Crippen MR) is 113 cm³/mol. The van der Waals surface area contributed by atoms with Gasteiger partial charge in [-0.05, 0) is 54.9 Å². The van der Waals surface area contributed by atoms with Gasteiger partial charge in [-0.3, -0.25) is 4.79 Å². The maximum Gasteiger partial charge on any atom is 0.439 e. The first-order chi connectivity index (χ1) is 16.3. The van der Waals surface area contributed by atoms with Gasteiger partial charge in [-0.2, -0.15) is 22.0 Å². The Balaban J connectivity index is 0.000000303. The lowest BCUT2D eigenvalue weighted by molar-refractivity contribution is -0.305. The van der Waals surface area contributed by atoms with Crippen molar-refractivity contribution in [3.05, 3.63) is 54.3 Å². The lowest BCUT2D eigenvalue weighted by Crippen LogP contribution is -2.45. The number of alkyl halides is 6. The summed E-state index contributed by atoms with van der Waals surface area (Å²) in [5.74, 6) is -2.66. The fraction of sp³-hybridized carbons (Fsp3) is 0.458. The third-order valence-corrected chi connectivity index (χ3v) is 5.47. The number of methoxy groups -OCH3 is 1. The second-order valence-electron chi connectivity index (χ2n) is 8.09. The van der Waals surface area contributed by atoms with E-state index in [0.29, 0.717) is 23.1 Å². The Labute approximate surface area is 197 Å². The molecule has 1 fully saturated rings. The molecule has 1 aliphatic rings. The van der Waals surface area contributed by atoms with E-state index in [4.69, 9.17) is 9.84 Å². The third kappa shape index (κ3) is 8.41. The minimum absolute atomic E-state index is 0.0990. The van der Waals surface area contributed by atoms with E-state index in [-0.39, 0.29) is 5.92 Å². The lowest BCUT2D eigenvalue weighted by Gasteiger charge is -2.25. The van der Waals surface area contributed by atoms with Gasteiger partial charge in [0.05, 0.1) is 5.92 Å². The predicted octanol–water partition coefficient (Wildman–Crippen LogP) is 6.89. The molecule has 0 aromatic heterocycles. The van der Waals surface area contributed by atoms with Gasteiger partial charge in [0, 0.05) is 13.7 Å². The SMILES string of the molecule is COCC1CCC(C(=O)O)CC1.Fc1cc(-c2ccccc2)ccc1OC(F)(F)C(F)C(F)(F)F. The summed E-state index contributed by atoms with van der Waals surface area (Å²) in [5.41, 5.74) is 0.856. The maximum atomic E-state index is 13.8. The molecule has 1 unspecified atom stereocenters. The molecule has 2 aromatic rings.